The lowest BCUT2D eigenvalue weighted by Crippen LogP contribution is -2.36. The van der Waals surface area contributed by atoms with Crippen LogP contribution in [0, 0.1) is 0 Å². The number of nitrogens with zero attached hydrogens (tertiary/aromatic N) is 1. The molecule has 0 saturated carbocycles. The number of benzene rings is 2. The summed E-state index contributed by atoms with van der Waals surface area (Å²) in [5.74, 6) is -0.857. The molecule has 29 heavy (non-hydrogen) atoms. The summed E-state index contributed by atoms with van der Waals surface area (Å²) < 4.78 is 10.9. The summed E-state index contributed by atoms with van der Waals surface area (Å²) in [5, 5.41) is 2.77. The van der Waals surface area contributed by atoms with Crippen molar-refractivity contribution >= 4 is 51.5 Å². The molecule has 0 bridgehead atoms. The molecule has 0 aromatic heterocycles. The van der Waals surface area contributed by atoms with Crippen molar-refractivity contribution in [3.63, 3.8) is 0 Å². The highest BCUT2D eigenvalue weighted by molar-refractivity contribution is 9.10. The minimum atomic E-state index is -0.695. The highest BCUT2D eigenvalue weighted by Gasteiger charge is 2.35. The van der Waals surface area contributed by atoms with E-state index in [1.165, 1.54) is 13.2 Å². The summed E-state index contributed by atoms with van der Waals surface area (Å²) in [5.41, 5.74) is 1.59. The van der Waals surface area contributed by atoms with E-state index in [4.69, 9.17) is 16.3 Å². The summed E-state index contributed by atoms with van der Waals surface area (Å²) in [4.78, 5) is 36.4. The van der Waals surface area contributed by atoms with Crippen LogP contribution in [-0.4, -0.2) is 36.5 Å². The number of esters is 1. The summed E-state index contributed by atoms with van der Waals surface area (Å²) in [6.45, 7) is -0.119. The summed E-state index contributed by atoms with van der Waals surface area (Å²) in [6.07, 6.45) is 1.47. The van der Waals surface area contributed by atoms with Crippen LogP contribution in [0.4, 0.5) is 4.79 Å². The normalized spacial score (nSPS) is 14.9. The van der Waals surface area contributed by atoms with Crippen LogP contribution in [0.3, 0.4) is 0 Å². The number of carbonyl (C=O) groups is 3. The van der Waals surface area contributed by atoms with Gasteiger partial charge in [-0.15, -0.1) is 0 Å². The number of imide groups is 1. The average Bonchev–Trinajstić information content (AvgIpc) is 2.95. The Morgan fingerprint density at radius 1 is 1.24 bits per heavy atom. The Kier molecular flexibility index (Phi) is 6.56. The van der Waals surface area contributed by atoms with E-state index in [2.05, 4.69) is 26.0 Å². The van der Waals surface area contributed by atoms with Gasteiger partial charge in [-0.05, 0) is 45.3 Å². The fourth-order valence-corrected chi connectivity index (χ4v) is 3.59. The zero-order valence-corrected chi connectivity index (χ0v) is 17.6. The van der Waals surface area contributed by atoms with Gasteiger partial charge in [-0.25, -0.2) is 9.69 Å². The van der Waals surface area contributed by atoms with Crippen molar-refractivity contribution in [2.75, 3.05) is 13.7 Å². The number of amides is 3. The number of hydrogen-bond acceptors (Lipinski definition) is 5. The Balaban J connectivity index is 1.77. The molecule has 1 saturated heterocycles. The largest absolute Gasteiger partial charge is 0.486 e. The van der Waals surface area contributed by atoms with Crippen LogP contribution >= 0.6 is 27.5 Å². The molecule has 2 aromatic rings. The molecule has 9 heteroatoms. The number of carbonyl (C=O) groups excluding carboxylic acids is 3. The average molecular weight is 480 g/mol. The van der Waals surface area contributed by atoms with Crippen molar-refractivity contribution in [1.82, 2.24) is 10.2 Å². The molecule has 3 rings (SSSR count). The van der Waals surface area contributed by atoms with Gasteiger partial charge < -0.3 is 14.8 Å². The van der Waals surface area contributed by atoms with Gasteiger partial charge in [-0.2, -0.15) is 0 Å². The molecule has 1 heterocycles. The van der Waals surface area contributed by atoms with Gasteiger partial charge in [-0.1, -0.05) is 41.9 Å². The van der Waals surface area contributed by atoms with E-state index in [-0.39, 0.29) is 5.70 Å². The predicted molar refractivity (Wildman–Crippen MR) is 110 cm³/mol. The maximum Gasteiger partial charge on any atom is 0.329 e. The molecule has 1 fully saturated rings. The standard InChI is InChI=1S/C20H16BrClN2O5/c1-28-17(25)10-24-19(26)16(23-20(24)27)9-13-7-14(21)18(15(22)8-13)29-11-12-5-3-2-4-6-12/h2-9H,10-11H2,1H3,(H,23,27)/b16-9+. The molecule has 1 aliphatic heterocycles. The smallest absolute Gasteiger partial charge is 0.329 e. The third kappa shape index (κ3) is 4.96. The SMILES string of the molecule is COC(=O)CN1C(=O)N/C(=C/c2cc(Cl)c(OCc3ccccc3)c(Br)c2)C1=O. The van der Waals surface area contributed by atoms with E-state index in [0.717, 1.165) is 10.5 Å². The molecular weight excluding hydrogens is 464 g/mol. The lowest BCUT2D eigenvalue weighted by molar-refractivity contribution is -0.143. The monoisotopic (exact) mass is 478 g/mol. The molecule has 0 radical (unpaired) electrons. The van der Waals surface area contributed by atoms with Crippen molar-refractivity contribution in [1.29, 1.82) is 0 Å². The molecule has 0 aliphatic carbocycles. The fraction of sp³-hybridized carbons (Fsp3) is 0.150. The third-order valence-corrected chi connectivity index (χ3v) is 4.90. The number of urea groups is 1. The van der Waals surface area contributed by atoms with Gasteiger partial charge in [-0.3, -0.25) is 9.59 Å². The number of nitrogens with one attached hydrogen (secondary N) is 1. The van der Waals surface area contributed by atoms with Gasteiger partial charge in [0.1, 0.15) is 18.8 Å². The zero-order chi connectivity index (χ0) is 21.0. The van der Waals surface area contributed by atoms with Crippen LogP contribution in [0.15, 0.2) is 52.6 Å². The first-order valence-corrected chi connectivity index (χ1v) is 9.63. The Labute approximate surface area is 180 Å². The molecule has 150 valence electrons. The van der Waals surface area contributed by atoms with Gasteiger partial charge in [0, 0.05) is 0 Å². The molecule has 3 amide bonds. The lowest BCUT2D eigenvalue weighted by atomic mass is 10.1. The highest BCUT2D eigenvalue weighted by atomic mass is 79.9. The van der Waals surface area contributed by atoms with Crippen LogP contribution in [0.5, 0.6) is 5.75 Å². The maximum atomic E-state index is 12.4. The zero-order valence-electron chi connectivity index (χ0n) is 15.3. The Morgan fingerprint density at radius 2 is 1.97 bits per heavy atom. The molecule has 0 spiro atoms. The Morgan fingerprint density at radius 3 is 2.62 bits per heavy atom. The van der Waals surface area contributed by atoms with E-state index >= 15 is 0 Å². The first-order valence-electron chi connectivity index (χ1n) is 8.46. The predicted octanol–water partition coefficient (Wildman–Crippen LogP) is 3.75. The number of halogens is 2. The van der Waals surface area contributed by atoms with Crippen molar-refractivity contribution in [3.8, 4) is 5.75 Å². The molecule has 0 atom stereocenters. The minimum absolute atomic E-state index is 0.0276. The van der Waals surface area contributed by atoms with Crippen LogP contribution in [0.2, 0.25) is 5.02 Å². The van der Waals surface area contributed by atoms with E-state index in [0.29, 0.717) is 27.4 Å². The van der Waals surface area contributed by atoms with Crippen molar-refractivity contribution < 1.29 is 23.9 Å². The van der Waals surface area contributed by atoms with Gasteiger partial charge in [0.2, 0.25) is 0 Å². The molecule has 1 aliphatic rings. The first-order chi connectivity index (χ1) is 13.9. The van der Waals surface area contributed by atoms with Gasteiger partial charge in [0.05, 0.1) is 16.6 Å². The number of methoxy groups -OCH3 is 1. The molecule has 0 unspecified atom stereocenters. The van der Waals surface area contributed by atoms with E-state index < -0.39 is 24.5 Å². The molecule has 7 nitrogen and oxygen atoms in total. The number of rotatable bonds is 6. The number of ether oxygens (including phenoxy) is 2. The second-order valence-electron chi connectivity index (χ2n) is 6.04. The van der Waals surface area contributed by atoms with Gasteiger partial charge in [0.25, 0.3) is 5.91 Å². The topological polar surface area (TPSA) is 84.9 Å². The lowest BCUT2D eigenvalue weighted by Gasteiger charge is -2.11. The van der Waals surface area contributed by atoms with Crippen LogP contribution in [0.25, 0.3) is 6.08 Å². The Bertz CT molecular complexity index is 971. The quantitative estimate of drug-likeness (QED) is 0.387. The van der Waals surface area contributed by atoms with Gasteiger partial charge >= 0.3 is 12.0 Å². The molecule has 1 N–H and O–H groups in total. The summed E-state index contributed by atoms with van der Waals surface area (Å²) in [6, 6.07) is 12.3. The highest BCUT2D eigenvalue weighted by Crippen LogP contribution is 2.35. The van der Waals surface area contributed by atoms with Gasteiger partial charge in [0.15, 0.2) is 5.75 Å². The second-order valence-corrected chi connectivity index (χ2v) is 7.31. The fourth-order valence-electron chi connectivity index (χ4n) is 2.61. The van der Waals surface area contributed by atoms with E-state index in [9.17, 15) is 14.4 Å². The van der Waals surface area contributed by atoms with Crippen LogP contribution in [-0.2, 0) is 20.9 Å². The van der Waals surface area contributed by atoms with Crippen LogP contribution < -0.4 is 10.1 Å². The van der Waals surface area contributed by atoms with E-state index in [1.807, 2.05) is 30.3 Å². The minimum Gasteiger partial charge on any atom is -0.486 e. The van der Waals surface area contributed by atoms with Crippen molar-refractivity contribution in [2.45, 2.75) is 6.61 Å². The first kappa shape index (κ1) is 20.9. The Hall–Kier alpha value is -2.84. The molecule has 2 aromatic carbocycles. The van der Waals surface area contributed by atoms with E-state index in [1.54, 1.807) is 12.1 Å². The summed E-state index contributed by atoms with van der Waals surface area (Å²) in [7, 11) is 1.18. The van der Waals surface area contributed by atoms with Crippen LogP contribution in [0.1, 0.15) is 11.1 Å². The maximum absolute atomic E-state index is 12.4. The van der Waals surface area contributed by atoms with Crippen molar-refractivity contribution in [2.24, 2.45) is 0 Å². The molecular formula is C20H16BrClN2O5. The van der Waals surface area contributed by atoms with Crippen molar-refractivity contribution in [3.05, 3.63) is 68.8 Å². The number of hydrogen-bond donors (Lipinski definition) is 1. The third-order valence-electron chi connectivity index (χ3n) is 4.03. The summed E-state index contributed by atoms with van der Waals surface area (Å²) >= 11 is 9.76. The second kappa shape index (κ2) is 9.11.